The number of benzene rings is 7. The van der Waals surface area contributed by atoms with Gasteiger partial charge in [0.2, 0.25) is 0 Å². The Kier molecular flexibility index (Phi) is 35.2. The van der Waals surface area contributed by atoms with Gasteiger partial charge in [0, 0.05) is 59.0 Å². The molecule has 1 aromatic heterocycles. The summed E-state index contributed by atoms with van der Waals surface area (Å²) in [5, 5.41) is 79.6. The minimum atomic E-state index is -0.529. The summed E-state index contributed by atoms with van der Waals surface area (Å²) < 4.78 is 31.0. The van der Waals surface area contributed by atoms with Crippen LogP contribution < -0.4 is 29.4 Å². The first kappa shape index (κ1) is 83.8. The lowest BCUT2D eigenvalue weighted by molar-refractivity contribution is -0.386. The van der Waals surface area contributed by atoms with Crippen LogP contribution in [0.3, 0.4) is 0 Å². The topological polar surface area (TPSA) is 359 Å². The summed E-state index contributed by atoms with van der Waals surface area (Å²) in [5.74, 6) is 3.13. The van der Waals surface area contributed by atoms with E-state index in [-0.39, 0.29) is 54.3 Å². The second-order valence-electron chi connectivity index (χ2n) is 20.6. The third kappa shape index (κ3) is 22.4. The number of hydrogen-bond donors (Lipinski definition) is 3. The molecule has 8 rings (SSSR count). The minimum Gasteiger partial charge on any atom is -0.508 e. The Bertz CT molecular complexity index is 4060. The van der Waals surface area contributed by atoms with Crippen LogP contribution in [0.5, 0.6) is 40.2 Å². The first-order chi connectivity index (χ1) is 45.2. The van der Waals surface area contributed by atoms with Crippen LogP contribution in [-0.4, -0.2) is 85.4 Å². The summed E-state index contributed by atoms with van der Waals surface area (Å²) in [6, 6.07) is 19.5. The summed E-state index contributed by atoms with van der Waals surface area (Å²) in [6.07, 6.45) is 5.05. The fraction of sp³-hybridized carbons (Fsp3) is 0.354. The van der Waals surface area contributed by atoms with E-state index in [4.69, 9.17) is 39.6 Å². The molecule has 0 aliphatic rings. The molecule has 0 aliphatic heterocycles. The monoisotopic (exact) mass is 1650 g/mol. The number of nitro groups is 5. The van der Waals surface area contributed by atoms with Gasteiger partial charge in [-0.1, -0.05) is 93.0 Å². The van der Waals surface area contributed by atoms with Gasteiger partial charge in [-0.2, -0.15) is 0 Å². The van der Waals surface area contributed by atoms with Gasteiger partial charge in [-0.15, -0.1) is 5.10 Å². The highest BCUT2D eigenvalue weighted by Gasteiger charge is 2.25. The van der Waals surface area contributed by atoms with E-state index in [0.29, 0.717) is 78.0 Å². The van der Waals surface area contributed by atoms with Crippen molar-refractivity contribution in [1.29, 1.82) is 0 Å². The minimum absolute atomic E-state index is 0.0509. The number of phenolic OH excluding ortho intramolecular Hbond substituents is 2. The highest BCUT2D eigenvalue weighted by molar-refractivity contribution is 9.11. The highest BCUT2D eigenvalue weighted by Crippen LogP contribution is 2.41. The van der Waals surface area contributed by atoms with Crippen molar-refractivity contribution in [3.8, 4) is 40.2 Å². The molecule has 31 heteroatoms. The number of ether oxygens (including phenoxy) is 5. The molecule has 0 unspecified atom stereocenters. The molecule has 0 saturated carbocycles. The number of halogens is 5. The van der Waals surface area contributed by atoms with E-state index < -0.39 is 14.8 Å². The van der Waals surface area contributed by atoms with Crippen LogP contribution in [0.15, 0.2) is 95.2 Å². The van der Waals surface area contributed by atoms with Crippen molar-refractivity contribution in [2.75, 3.05) is 41.3 Å². The molecule has 0 spiro atoms. The predicted octanol–water partition coefficient (Wildman–Crippen LogP) is 19.0. The lowest BCUT2D eigenvalue weighted by Crippen LogP contribution is -2.02. The molecule has 0 atom stereocenters. The average molecular weight is 1660 g/mol. The zero-order valence-corrected chi connectivity index (χ0v) is 63.9. The fourth-order valence-corrected chi connectivity index (χ4v) is 11.7. The predicted molar refractivity (Wildman–Crippen MR) is 389 cm³/mol. The number of nitrogens with zero attached hydrogens (tertiary/aromatic N) is 8. The SMILES string of the molecule is CCCc1c(OC)cc(Br)c(C)c1N.CCCc1c(OC)cc(Br)c(C)c1[N+](=O)[O-].CCCc1c(OC)ccc(C)c1[N+](=O)[O-].CCn1nnc2c(C)c(Br)cc(OC)c21.COc1ccc(C)c([N+](=O)[O-])c1Br.Cc1ccc(O)c(Br)c1[N+](=O)[O-].Cc1ccc(O)cc1[N+](=O)[O-]. The van der Waals surface area contributed by atoms with Gasteiger partial charge in [-0.3, -0.25) is 50.6 Å². The van der Waals surface area contributed by atoms with Crippen LogP contribution in [0.2, 0.25) is 0 Å². The number of methoxy groups -OCH3 is 5. The van der Waals surface area contributed by atoms with E-state index >= 15 is 0 Å². The zero-order valence-electron chi connectivity index (χ0n) is 55.9. The Balaban J connectivity index is 0.000000382. The number of nitrogens with two attached hydrogens (primary N) is 1. The van der Waals surface area contributed by atoms with E-state index in [2.05, 4.69) is 96.9 Å². The number of rotatable bonds is 17. The number of fused-ring (bicyclic) bond motifs is 1. The van der Waals surface area contributed by atoms with Gasteiger partial charge < -0.3 is 39.6 Å². The molecule has 0 bridgehead atoms. The molecule has 8 aromatic rings. The van der Waals surface area contributed by atoms with Crippen molar-refractivity contribution in [1.82, 2.24) is 15.0 Å². The molecule has 4 N–H and O–H groups in total. The van der Waals surface area contributed by atoms with E-state index in [0.717, 1.165) is 92.2 Å². The van der Waals surface area contributed by atoms with Crippen LogP contribution in [0, 0.1) is 99.0 Å². The summed E-state index contributed by atoms with van der Waals surface area (Å²) >= 11 is 16.3. The fourth-order valence-electron chi connectivity index (χ4n) is 9.13. The van der Waals surface area contributed by atoms with Gasteiger partial charge in [0.25, 0.3) is 28.4 Å². The van der Waals surface area contributed by atoms with Crippen LogP contribution in [0.4, 0.5) is 34.1 Å². The van der Waals surface area contributed by atoms with Crippen molar-refractivity contribution in [2.45, 2.75) is 121 Å². The second-order valence-corrected chi connectivity index (χ2v) is 24.8. The van der Waals surface area contributed by atoms with Crippen LogP contribution >= 0.6 is 79.6 Å². The quantitative estimate of drug-likeness (QED) is 0.0433. The Morgan fingerprint density at radius 2 is 0.854 bits per heavy atom. The summed E-state index contributed by atoms with van der Waals surface area (Å²) in [4.78, 5) is 51.2. The maximum absolute atomic E-state index is 11.1. The largest absolute Gasteiger partial charge is 0.508 e. The molecule has 7 aromatic carbocycles. The number of hydrogen-bond acceptors (Lipinski definition) is 20. The third-order valence-corrected chi connectivity index (χ3v) is 18.2. The van der Waals surface area contributed by atoms with Crippen LogP contribution in [-0.2, 0) is 25.8 Å². The summed E-state index contributed by atoms with van der Waals surface area (Å²) in [7, 11) is 7.87. The molecule has 0 saturated heterocycles. The van der Waals surface area contributed by atoms with Crippen molar-refractivity contribution < 1.29 is 58.5 Å². The van der Waals surface area contributed by atoms with Crippen molar-refractivity contribution in [2.24, 2.45) is 0 Å². The molecule has 0 fully saturated rings. The zero-order chi connectivity index (χ0) is 73.2. The molecule has 0 amide bonds. The number of nitrogen functional groups attached to an aromatic ring is 1. The van der Waals surface area contributed by atoms with E-state index in [1.165, 1.54) is 45.6 Å². The average Bonchev–Trinajstić information content (AvgIpc) is 1.59. The molecular weight excluding hydrogens is 1580 g/mol. The number of aromatic hydroxyl groups is 2. The number of aromatic nitrogens is 3. The first-order valence-electron chi connectivity index (χ1n) is 29.2. The van der Waals surface area contributed by atoms with E-state index in [1.54, 1.807) is 79.2 Å². The standard InChI is InChI=1S/C11H14BrNO3.C11H16BrNO.C11H15NO3.C10H12BrN3O.C8H8BrNO3.C7H6BrNO3.C7H7NO3/c1-4-5-8-10(16-3)6-9(12)7(2)11(8)13(14)15;1-4-5-8-10(14-3)6-9(12)7(2)11(8)13;1-4-5-9-10(15-3)7-6-8(2)11(9)12(13)14;1-4-14-10-8(15-3)5-7(11)6(2)9(10)12-13-14;1-5-3-4-6(13-2)7(9)8(5)10(11)12;1-4-2-3-5(10)6(8)7(4)9(11)12;1-5-2-3-6(9)4-7(5)8(10)11/h6H,4-5H2,1-3H3;6H,4-5,13H2,1-3H3;6-7H,4-5H2,1-3H3;5H,4H2,1-3H3;3-4H,1-2H3;2-3,10H,1H3;2-4,9H,1H3. The summed E-state index contributed by atoms with van der Waals surface area (Å²) in [5.41, 5.74) is 16.7. The van der Waals surface area contributed by atoms with Gasteiger partial charge in [-0.05, 0) is 184 Å². The van der Waals surface area contributed by atoms with Crippen molar-refractivity contribution in [3.05, 3.63) is 201 Å². The van der Waals surface area contributed by atoms with E-state index in [9.17, 15) is 50.6 Å². The summed E-state index contributed by atoms with van der Waals surface area (Å²) in [6.45, 7) is 21.4. The Hall–Kier alpha value is -8.26. The van der Waals surface area contributed by atoms with E-state index in [1.807, 2.05) is 51.4 Å². The number of phenols is 2. The van der Waals surface area contributed by atoms with Gasteiger partial charge >= 0.3 is 0 Å². The Morgan fingerprint density at radius 3 is 1.29 bits per heavy atom. The van der Waals surface area contributed by atoms with Gasteiger partial charge in [0.1, 0.15) is 60.2 Å². The smallest absolute Gasteiger partial charge is 0.290 e. The normalized spacial score (nSPS) is 10.1. The molecule has 26 nitrogen and oxygen atoms in total. The number of nitro benzene ring substituents is 5. The Labute approximate surface area is 598 Å². The maximum Gasteiger partial charge on any atom is 0.290 e. The molecule has 96 heavy (non-hydrogen) atoms. The Morgan fingerprint density at radius 1 is 0.458 bits per heavy atom. The van der Waals surface area contributed by atoms with Gasteiger partial charge in [0.05, 0.1) is 77.4 Å². The van der Waals surface area contributed by atoms with Crippen molar-refractivity contribution in [3.63, 3.8) is 0 Å². The van der Waals surface area contributed by atoms with Gasteiger partial charge in [-0.25, -0.2) is 4.68 Å². The molecule has 0 radical (unpaired) electrons. The third-order valence-electron chi connectivity index (χ3n) is 14.2. The molecule has 520 valence electrons. The maximum atomic E-state index is 11.1. The highest BCUT2D eigenvalue weighted by atomic mass is 79.9. The molecule has 1 heterocycles. The van der Waals surface area contributed by atoms with Crippen molar-refractivity contribution >= 4 is 125 Å². The lowest BCUT2D eigenvalue weighted by Gasteiger charge is -2.14. The molecule has 0 aliphatic carbocycles. The number of aryl methyl sites for hydroxylation is 6. The lowest BCUT2D eigenvalue weighted by atomic mass is 10.0. The van der Waals surface area contributed by atoms with Crippen LogP contribution in [0.25, 0.3) is 11.0 Å². The first-order valence-corrected chi connectivity index (χ1v) is 33.2. The second kappa shape index (κ2) is 40.3. The molecular formula is C65H78Br5N9O17. The van der Waals surface area contributed by atoms with Crippen LogP contribution in [0.1, 0.15) is 103 Å². The van der Waals surface area contributed by atoms with Gasteiger partial charge in [0.15, 0.2) is 0 Å². The number of anilines is 1.